The number of hydrogen-bond acceptors (Lipinski definition) is 4. The topological polar surface area (TPSA) is 86.8 Å². The molecule has 0 saturated carbocycles. The highest BCUT2D eigenvalue weighted by Gasteiger charge is 2.32. The standard InChI is InChI=1S/C27H28BrCl2N3O4S/c1-4-31-27(35)19(3)32(16-20-6-5-7-21(28)14-20)26(34)17-33(22-10-13-24(29)25(30)15-22)38(36,37)23-11-8-18(2)9-12-23/h5-15,19H,4,16-17H2,1-3H3,(H,31,35)/t19-/m0/s1. The summed E-state index contributed by atoms with van der Waals surface area (Å²) in [6.07, 6.45) is 0. The van der Waals surface area contributed by atoms with Gasteiger partial charge >= 0.3 is 0 Å². The maximum absolute atomic E-state index is 13.8. The van der Waals surface area contributed by atoms with Crippen molar-refractivity contribution in [2.24, 2.45) is 0 Å². The molecule has 0 aliphatic rings. The first-order chi connectivity index (χ1) is 17.9. The van der Waals surface area contributed by atoms with Crippen LogP contribution in [0.2, 0.25) is 10.0 Å². The fourth-order valence-corrected chi connectivity index (χ4v) is 5.89. The molecule has 0 spiro atoms. The second-order valence-corrected chi connectivity index (χ2v) is 12.2. The third-order valence-corrected chi connectivity index (χ3v) is 8.86. The van der Waals surface area contributed by atoms with Gasteiger partial charge in [-0.1, -0.05) is 69.0 Å². The summed E-state index contributed by atoms with van der Waals surface area (Å²) in [5.41, 5.74) is 1.82. The van der Waals surface area contributed by atoms with E-state index in [9.17, 15) is 18.0 Å². The number of carbonyl (C=O) groups is 2. The summed E-state index contributed by atoms with van der Waals surface area (Å²) >= 11 is 15.7. The van der Waals surface area contributed by atoms with E-state index in [0.717, 1.165) is 19.9 Å². The summed E-state index contributed by atoms with van der Waals surface area (Å²) in [5.74, 6) is -0.913. The number of amides is 2. The van der Waals surface area contributed by atoms with Crippen molar-refractivity contribution in [2.75, 3.05) is 17.4 Å². The first kappa shape index (κ1) is 30.0. The molecule has 0 aliphatic heterocycles. The van der Waals surface area contributed by atoms with Gasteiger partial charge in [0.05, 0.1) is 20.6 Å². The van der Waals surface area contributed by atoms with E-state index >= 15 is 0 Å². The maximum Gasteiger partial charge on any atom is 0.264 e. The van der Waals surface area contributed by atoms with Crippen molar-refractivity contribution in [2.45, 2.75) is 38.3 Å². The van der Waals surface area contributed by atoms with Gasteiger partial charge in [-0.05, 0) is 68.8 Å². The lowest BCUT2D eigenvalue weighted by molar-refractivity contribution is -0.139. The number of nitrogens with zero attached hydrogens (tertiary/aromatic N) is 2. The van der Waals surface area contributed by atoms with E-state index in [1.165, 1.54) is 35.2 Å². The molecule has 3 aromatic rings. The highest BCUT2D eigenvalue weighted by atomic mass is 79.9. The Balaban J connectivity index is 2.06. The van der Waals surface area contributed by atoms with Crippen molar-refractivity contribution in [3.05, 3.63) is 92.4 Å². The molecule has 1 N–H and O–H groups in total. The summed E-state index contributed by atoms with van der Waals surface area (Å²) in [4.78, 5) is 27.9. The number of aryl methyl sites for hydroxylation is 1. The van der Waals surface area contributed by atoms with E-state index in [2.05, 4.69) is 21.2 Å². The van der Waals surface area contributed by atoms with Crippen molar-refractivity contribution in [1.82, 2.24) is 10.2 Å². The average Bonchev–Trinajstić information content (AvgIpc) is 2.87. The monoisotopic (exact) mass is 639 g/mol. The van der Waals surface area contributed by atoms with Crippen LogP contribution in [-0.4, -0.2) is 44.3 Å². The van der Waals surface area contributed by atoms with Gasteiger partial charge in [-0.3, -0.25) is 13.9 Å². The molecule has 1 atom stereocenters. The van der Waals surface area contributed by atoms with Crippen LogP contribution in [-0.2, 0) is 26.2 Å². The van der Waals surface area contributed by atoms with Gasteiger partial charge in [0.25, 0.3) is 10.0 Å². The number of anilines is 1. The number of halogens is 3. The molecule has 0 fully saturated rings. The van der Waals surface area contributed by atoms with E-state index in [0.29, 0.717) is 6.54 Å². The van der Waals surface area contributed by atoms with Crippen LogP contribution >= 0.6 is 39.1 Å². The van der Waals surface area contributed by atoms with Crippen LogP contribution in [0.1, 0.15) is 25.0 Å². The predicted octanol–water partition coefficient (Wildman–Crippen LogP) is 5.81. The Morgan fingerprint density at radius 2 is 1.68 bits per heavy atom. The number of carbonyl (C=O) groups excluding carboxylic acids is 2. The molecule has 202 valence electrons. The zero-order chi connectivity index (χ0) is 28.0. The third kappa shape index (κ3) is 7.28. The highest BCUT2D eigenvalue weighted by molar-refractivity contribution is 9.10. The fraction of sp³-hybridized carbons (Fsp3) is 0.259. The largest absolute Gasteiger partial charge is 0.355 e. The summed E-state index contributed by atoms with van der Waals surface area (Å²) in [6.45, 7) is 5.16. The molecule has 0 radical (unpaired) electrons. The second-order valence-electron chi connectivity index (χ2n) is 8.65. The molecule has 0 bridgehead atoms. The van der Waals surface area contributed by atoms with Gasteiger partial charge in [-0.15, -0.1) is 0 Å². The van der Waals surface area contributed by atoms with E-state index in [1.54, 1.807) is 26.0 Å². The van der Waals surface area contributed by atoms with Gasteiger partial charge in [0.2, 0.25) is 11.8 Å². The van der Waals surface area contributed by atoms with E-state index in [-0.39, 0.29) is 33.1 Å². The van der Waals surface area contributed by atoms with Crippen LogP contribution in [0.4, 0.5) is 5.69 Å². The van der Waals surface area contributed by atoms with Gasteiger partial charge in [0.1, 0.15) is 12.6 Å². The summed E-state index contributed by atoms with van der Waals surface area (Å²) < 4.78 is 29.4. The Hall–Kier alpha value is -2.59. The number of sulfonamides is 1. The first-order valence-electron chi connectivity index (χ1n) is 11.8. The van der Waals surface area contributed by atoms with Crippen LogP contribution in [0.3, 0.4) is 0 Å². The van der Waals surface area contributed by atoms with E-state index in [4.69, 9.17) is 23.2 Å². The molecular formula is C27H28BrCl2N3O4S. The molecule has 0 saturated heterocycles. The van der Waals surface area contributed by atoms with Crippen molar-refractivity contribution in [1.29, 1.82) is 0 Å². The fourth-order valence-electron chi connectivity index (χ4n) is 3.74. The Morgan fingerprint density at radius 3 is 2.29 bits per heavy atom. The quantitative estimate of drug-likeness (QED) is 0.303. The first-order valence-corrected chi connectivity index (χ1v) is 14.8. The van der Waals surface area contributed by atoms with E-state index in [1.807, 2.05) is 31.2 Å². The SMILES string of the molecule is CCNC(=O)[C@H](C)N(Cc1cccc(Br)c1)C(=O)CN(c1ccc(Cl)c(Cl)c1)S(=O)(=O)c1ccc(C)cc1. The van der Waals surface area contributed by atoms with Crippen molar-refractivity contribution in [3.63, 3.8) is 0 Å². The van der Waals surface area contributed by atoms with Gasteiger partial charge in [0.15, 0.2) is 0 Å². The third-order valence-electron chi connectivity index (χ3n) is 5.84. The van der Waals surface area contributed by atoms with Crippen LogP contribution < -0.4 is 9.62 Å². The Bertz CT molecular complexity index is 1420. The van der Waals surface area contributed by atoms with Crippen molar-refractivity contribution in [3.8, 4) is 0 Å². The highest BCUT2D eigenvalue weighted by Crippen LogP contribution is 2.31. The number of hydrogen-bond donors (Lipinski definition) is 1. The Morgan fingerprint density at radius 1 is 1.00 bits per heavy atom. The number of rotatable bonds is 10. The van der Waals surface area contributed by atoms with Gasteiger partial charge < -0.3 is 10.2 Å². The lowest BCUT2D eigenvalue weighted by atomic mass is 10.1. The number of nitrogens with one attached hydrogen (secondary N) is 1. The van der Waals surface area contributed by atoms with Gasteiger partial charge in [-0.2, -0.15) is 0 Å². The van der Waals surface area contributed by atoms with Gasteiger partial charge in [-0.25, -0.2) is 8.42 Å². The average molecular weight is 641 g/mol. The van der Waals surface area contributed by atoms with E-state index < -0.39 is 28.5 Å². The Kier molecular flexibility index (Phi) is 10.2. The molecule has 0 aliphatic carbocycles. The molecule has 7 nitrogen and oxygen atoms in total. The normalized spacial score (nSPS) is 12.1. The van der Waals surface area contributed by atoms with Gasteiger partial charge in [0, 0.05) is 17.6 Å². The molecule has 0 heterocycles. The smallest absolute Gasteiger partial charge is 0.264 e. The maximum atomic E-state index is 13.8. The zero-order valence-corrected chi connectivity index (χ0v) is 25.0. The second kappa shape index (κ2) is 13.0. The summed E-state index contributed by atoms with van der Waals surface area (Å²) in [7, 11) is -4.19. The van der Waals surface area contributed by atoms with Crippen LogP contribution in [0.15, 0.2) is 76.1 Å². The molecule has 3 rings (SSSR count). The summed E-state index contributed by atoms with van der Waals surface area (Å²) in [5, 5.41) is 3.12. The minimum absolute atomic E-state index is 0.0114. The number of likely N-dealkylation sites (N-methyl/N-ethyl adjacent to an activating group) is 1. The molecule has 11 heteroatoms. The lowest BCUT2D eigenvalue weighted by Gasteiger charge is -2.32. The number of benzene rings is 3. The molecule has 2 amide bonds. The molecule has 3 aromatic carbocycles. The predicted molar refractivity (Wildman–Crippen MR) is 155 cm³/mol. The lowest BCUT2D eigenvalue weighted by Crippen LogP contribution is -2.51. The summed E-state index contributed by atoms with van der Waals surface area (Å²) in [6, 6.07) is 17.2. The molecule has 0 unspecified atom stereocenters. The zero-order valence-electron chi connectivity index (χ0n) is 21.1. The van der Waals surface area contributed by atoms with Crippen molar-refractivity contribution < 1.29 is 18.0 Å². The minimum atomic E-state index is -4.19. The van der Waals surface area contributed by atoms with Crippen molar-refractivity contribution >= 4 is 66.7 Å². The van der Waals surface area contributed by atoms with Crippen LogP contribution in [0.25, 0.3) is 0 Å². The van der Waals surface area contributed by atoms with Crippen LogP contribution in [0.5, 0.6) is 0 Å². The Labute approximate surface area is 241 Å². The van der Waals surface area contributed by atoms with Crippen LogP contribution in [0, 0.1) is 6.92 Å². The molecule has 38 heavy (non-hydrogen) atoms. The molecular weight excluding hydrogens is 613 g/mol. The molecule has 0 aromatic heterocycles. The minimum Gasteiger partial charge on any atom is -0.355 e.